The number of rotatable bonds is 5. The van der Waals surface area contributed by atoms with E-state index in [1.54, 1.807) is 0 Å². The van der Waals surface area contributed by atoms with E-state index in [-0.39, 0.29) is 5.91 Å². The fraction of sp³-hybridized carbons (Fsp3) is 0.650. The Kier molecular flexibility index (Phi) is 4.74. The number of anilines is 1. The zero-order chi connectivity index (χ0) is 16.4. The number of carbonyl (C=O) groups excluding carboxylic acids is 1. The van der Waals surface area contributed by atoms with Crippen LogP contribution in [0.5, 0.6) is 0 Å². The summed E-state index contributed by atoms with van der Waals surface area (Å²) in [6.07, 6.45) is 6.85. The summed E-state index contributed by atoms with van der Waals surface area (Å²) >= 11 is 0. The van der Waals surface area contributed by atoms with Crippen molar-refractivity contribution in [3.63, 3.8) is 0 Å². The zero-order valence-corrected chi connectivity index (χ0v) is 14.4. The Morgan fingerprint density at radius 2 is 2.00 bits per heavy atom. The van der Waals surface area contributed by atoms with Crippen molar-refractivity contribution in [2.45, 2.75) is 32.1 Å². The van der Waals surface area contributed by atoms with Crippen LogP contribution in [0.25, 0.3) is 0 Å². The summed E-state index contributed by atoms with van der Waals surface area (Å²) in [7, 11) is 0. The first-order valence-corrected chi connectivity index (χ1v) is 9.51. The van der Waals surface area contributed by atoms with Crippen molar-refractivity contribution < 1.29 is 9.53 Å². The molecule has 1 aliphatic heterocycles. The van der Waals surface area contributed by atoms with Gasteiger partial charge in [-0.2, -0.15) is 0 Å². The molecule has 1 heterocycles. The van der Waals surface area contributed by atoms with Gasteiger partial charge in [0.2, 0.25) is 0 Å². The number of nitrogens with one attached hydrogen (secondary N) is 1. The van der Waals surface area contributed by atoms with Crippen molar-refractivity contribution >= 4 is 11.6 Å². The number of amides is 1. The molecule has 0 aromatic heterocycles. The molecule has 130 valence electrons. The SMILES string of the molecule is O=C(NCCC1CC2CCC1C2)c1ccccc1N1CCOCC1. The van der Waals surface area contributed by atoms with Gasteiger partial charge in [-0.05, 0) is 55.6 Å². The van der Waals surface area contributed by atoms with E-state index >= 15 is 0 Å². The Labute approximate surface area is 144 Å². The topological polar surface area (TPSA) is 41.6 Å². The van der Waals surface area contributed by atoms with Gasteiger partial charge in [-0.3, -0.25) is 4.79 Å². The average Bonchev–Trinajstić information content (AvgIpc) is 3.25. The highest BCUT2D eigenvalue weighted by atomic mass is 16.5. The summed E-state index contributed by atoms with van der Waals surface area (Å²) in [4.78, 5) is 14.9. The Hall–Kier alpha value is -1.55. The van der Waals surface area contributed by atoms with Crippen molar-refractivity contribution in [2.75, 3.05) is 37.7 Å². The van der Waals surface area contributed by atoms with Crippen LogP contribution in [0.3, 0.4) is 0 Å². The van der Waals surface area contributed by atoms with Gasteiger partial charge in [0, 0.05) is 25.3 Å². The van der Waals surface area contributed by atoms with E-state index in [2.05, 4.69) is 16.3 Å². The van der Waals surface area contributed by atoms with Gasteiger partial charge in [0.25, 0.3) is 5.91 Å². The first kappa shape index (κ1) is 15.9. The third-order valence-corrected chi connectivity index (χ3v) is 6.19. The van der Waals surface area contributed by atoms with Crippen LogP contribution in [0.4, 0.5) is 5.69 Å². The van der Waals surface area contributed by atoms with E-state index in [1.807, 2.05) is 18.2 Å². The number of fused-ring (bicyclic) bond motifs is 2. The number of ether oxygens (including phenoxy) is 1. The predicted molar refractivity (Wildman–Crippen MR) is 95.4 cm³/mol. The number of nitrogens with zero attached hydrogens (tertiary/aromatic N) is 1. The number of hydrogen-bond acceptors (Lipinski definition) is 3. The van der Waals surface area contributed by atoms with Crippen molar-refractivity contribution in [1.29, 1.82) is 0 Å². The average molecular weight is 328 g/mol. The largest absolute Gasteiger partial charge is 0.378 e. The van der Waals surface area contributed by atoms with Crippen molar-refractivity contribution in [2.24, 2.45) is 17.8 Å². The lowest BCUT2D eigenvalue weighted by molar-refractivity contribution is 0.0948. The lowest BCUT2D eigenvalue weighted by Crippen LogP contribution is -2.38. The summed E-state index contributed by atoms with van der Waals surface area (Å²) in [5, 5.41) is 3.17. The number of hydrogen-bond donors (Lipinski definition) is 1. The van der Waals surface area contributed by atoms with E-state index in [0.717, 1.165) is 68.3 Å². The first-order valence-electron chi connectivity index (χ1n) is 9.51. The molecule has 3 unspecified atom stereocenters. The van der Waals surface area contributed by atoms with Crippen molar-refractivity contribution in [3.05, 3.63) is 29.8 Å². The second-order valence-electron chi connectivity index (χ2n) is 7.60. The van der Waals surface area contributed by atoms with Crippen LogP contribution in [-0.4, -0.2) is 38.8 Å². The van der Waals surface area contributed by atoms with Crippen LogP contribution in [0.2, 0.25) is 0 Å². The number of para-hydroxylation sites is 1. The minimum atomic E-state index is 0.0697. The van der Waals surface area contributed by atoms with Crippen LogP contribution >= 0.6 is 0 Å². The summed E-state index contributed by atoms with van der Waals surface area (Å²) in [6, 6.07) is 7.96. The van der Waals surface area contributed by atoms with Crippen LogP contribution in [-0.2, 0) is 4.74 Å². The standard InChI is InChI=1S/C20H28N2O2/c23-20(21-8-7-17-14-15-5-6-16(17)13-15)18-3-1-2-4-19(18)22-9-11-24-12-10-22/h1-4,15-17H,5-14H2,(H,21,23). The van der Waals surface area contributed by atoms with Gasteiger partial charge < -0.3 is 15.0 Å². The predicted octanol–water partition coefficient (Wildman–Crippen LogP) is 3.08. The molecule has 0 spiro atoms. The highest BCUT2D eigenvalue weighted by Gasteiger charge is 2.38. The number of morpholine rings is 1. The molecule has 1 N–H and O–H groups in total. The zero-order valence-electron chi connectivity index (χ0n) is 14.4. The second kappa shape index (κ2) is 7.14. The molecule has 3 atom stereocenters. The fourth-order valence-corrected chi connectivity index (χ4v) is 4.94. The monoisotopic (exact) mass is 328 g/mol. The Bertz CT molecular complexity index is 583. The Balaban J connectivity index is 1.34. The van der Waals surface area contributed by atoms with Crippen LogP contribution in [0.1, 0.15) is 42.5 Å². The lowest BCUT2D eigenvalue weighted by atomic mass is 9.86. The lowest BCUT2D eigenvalue weighted by Gasteiger charge is -2.30. The molecule has 1 amide bonds. The van der Waals surface area contributed by atoms with Gasteiger partial charge in [-0.25, -0.2) is 0 Å². The van der Waals surface area contributed by atoms with E-state index in [1.165, 1.54) is 25.7 Å². The maximum Gasteiger partial charge on any atom is 0.253 e. The molecule has 4 heteroatoms. The van der Waals surface area contributed by atoms with Gasteiger partial charge in [0.05, 0.1) is 18.8 Å². The molecule has 3 fully saturated rings. The summed E-state index contributed by atoms with van der Waals surface area (Å²) in [6.45, 7) is 4.00. The van der Waals surface area contributed by atoms with Gasteiger partial charge >= 0.3 is 0 Å². The second-order valence-corrected chi connectivity index (χ2v) is 7.60. The molecule has 1 saturated heterocycles. The highest BCUT2D eigenvalue weighted by molar-refractivity contribution is 5.99. The van der Waals surface area contributed by atoms with Crippen LogP contribution in [0, 0.1) is 17.8 Å². The molecule has 2 saturated carbocycles. The first-order chi connectivity index (χ1) is 11.8. The molecular formula is C20H28N2O2. The number of benzene rings is 1. The van der Waals surface area contributed by atoms with Gasteiger partial charge in [-0.1, -0.05) is 18.6 Å². The van der Waals surface area contributed by atoms with Crippen molar-refractivity contribution in [3.8, 4) is 0 Å². The minimum Gasteiger partial charge on any atom is -0.378 e. The smallest absolute Gasteiger partial charge is 0.253 e. The molecule has 1 aromatic carbocycles. The molecule has 2 bridgehead atoms. The van der Waals surface area contributed by atoms with E-state index in [9.17, 15) is 4.79 Å². The molecule has 1 aromatic rings. The maximum atomic E-state index is 12.7. The Morgan fingerprint density at radius 3 is 2.75 bits per heavy atom. The normalized spacial score (nSPS) is 29.0. The van der Waals surface area contributed by atoms with Crippen LogP contribution < -0.4 is 10.2 Å². The van der Waals surface area contributed by atoms with E-state index in [0.29, 0.717) is 0 Å². The Morgan fingerprint density at radius 1 is 1.17 bits per heavy atom. The maximum absolute atomic E-state index is 12.7. The van der Waals surface area contributed by atoms with Crippen molar-refractivity contribution in [1.82, 2.24) is 5.32 Å². The van der Waals surface area contributed by atoms with Gasteiger partial charge in [0.15, 0.2) is 0 Å². The molecule has 0 radical (unpaired) electrons. The molecule has 2 aliphatic carbocycles. The quantitative estimate of drug-likeness (QED) is 0.903. The van der Waals surface area contributed by atoms with Gasteiger partial charge in [0.1, 0.15) is 0 Å². The fourth-order valence-electron chi connectivity index (χ4n) is 4.94. The number of carbonyl (C=O) groups is 1. The van der Waals surface area contributed by atoms with Crippen LogP contribution in [0.15, 0.2) is 24.3 Å². The third-order valence-electron chi connectivity index (χ3n) is 6.19. The highest BCUT2D eigenvalue weighted by Crippen LogP contribution is 2.49. The molecule has 3 aliphatic rings. The molecule has 4 nitrogen and oxygen atoms in total. The van der Waals surface area contributed by atoms with Gasteiger partial charge in [-0.15, -0.1) is 0 Å². The summed E-state index contributed by atoms with van der Waals surface area (Å²) in [5.41, 5.74) is 1.84. The third kappa shape index (κ3) is 3.30. The van der Waals surface area contributed by atoms with E-state index < -0.39 is 0 Å². The summed E-state index contributed by atoms with van der Waals surface area (Å²) in [5.74, 6) is 2.84. The molecule has 24 heavy (non-hydrogen) atoms. The molecular weight excluding hydrogens is 300 g/mol. The van der Waals surface area contributed by atoms with E-state index in [4.69, 9.17) is 4.74 Å². The molecule has 4 rings (SSSR count). The summed E-state index contributed by atoms with van der Waals surface area (Å²) < 4.78 is 5.43. The minimum absolute atomic E-state index is 0.0697.